The van der Waals surface area contributed by atoms with Gasteiger partial charge < -0.3 is 10.5 Å². The summed E-state index contributed by atoms with van der Waals surface area (Å²) in [5.74, 6) is 0.729. The van der Waals surface area contributed by atoms with Crippen LogP contribution >= 0.6 is 35.6 Å². The Balaban J connectivity index is 0.00000196. The number of benzene rings is 2. The normalized spacial score (nSPS) is 16.2. The summed E-state index contributed by atoms with van der Waals surface area (Å²) < 4.78 is 7.86. The lowest BCUT2D eigenvalue weighted by Gasteiger charge is -2.11. The van der Waals surface area contributed by atoms with Gasteiger partial charge in [0.05, 0.1) is 23.4 Å². The first kappa shape index (κ1) is 19.1. The zero-order valence-electron chi connectivity index (χ0n) is 13.9. The quantitative estimate of drug-likeness (QED) is 0.612. The van der Waals surface area contributed by atoms with Crippen LogP contribution in [0, 0.1) is 0 Å². The molecule has 0 saturated carbocycles. The number of rotatable bonds is 2. The van der Waals surface area contributed by atoms with Gasteiger partial charge in [0, 0.05) is 10.6 Å². The Kier molecular flexibility index (Phi) is 5.78. The SMILES string of the molecule is Cl.N[C@H]1CCCOc2c1nn(-c1ccccc1Cl)c2-c1ccc(Cl)cc1. The summed E-state index contributed by atoms with van der Waals surface area (Å²) >= 11 is 12.5. The number of fused-ring (bicyclic) bond motifs is 1. The van der Waals surface area contributed by atoms with E-state index in [0.717, 1.165) is 41.2 Å². The van der Waals surface area contributed by atoms with Crippen molar-refractivity contribution in [2.24, 2.45) is 5.73 Å². The van der Waals surface area contributed by atoms with Crippen molar-refractivity contribution in [1.29, 1.82) is 0 Å². The Labute approximate surface area is 168 Å². The molecule has 0 unspecified atom stereocenters. The third-order valence-electron chi connectivity index (χ3n) is 4.32. The molecule has 0 spiro atoms. The topological polar surface area (TPSA) is 53.1 Å². The van der Waals surface area contributed by atoms with Crippen LogP contribution in [0.15, 0.2) is 48.5 Å². The Morgan fingerprint density at radius 3 is 2.54 bits per heavy atom. The molecular weight excluding hydrogens is 393 g/mol. The Morgan fingerprint density at radius 1 is 1.08 bits per heavy atom. The maximum absolute atomic E-state index is 6.42. The predicted molar refractivity (Wildman–Crippen MR) is 108 cm³/mol. The van der Waals surface area contributed by atoms with Crippen molar-refractivity contribution in [2.45, 2.75) is 18.9 Å². The van der Waals surface area contributed by atoms with Crippen LogP contribution in [-0.2, 0) is 0 Å². The predicted octanol–water partition coefficient (Wildman–Crippen LogP) is 5.44. The minimum Gasteiger partial charge on any atom is -0.489 e. The van der Waals surface area contributed by atoms with E-state index in [0.29, 0.717) is 16.7 Å². The Hall–Kier alpha value is -1.72. The van der Waals surface area contributed by atoms with Gasteiger partial charge in [0.15, 0.2) is 5.75 Å². The molecule has 26 heavy (non-hydrogen) atoms. The molecule has 0 saturated heterocycles. The number of hydrogen-bond donors (Lipinski definition) is 1. The number of nitrogens with two attached hydrogens (primary N) is 1. The van der Waals surface area contributed by atoms with E-state index < -0.39 is 0 Å². The molecule has 0 radical (unpaired) electrons. The van der Waals surface area contributed by atoms with Gasteiger partial charge in [-0.25, -0.2) is 4.68 Å². The van der Waals surface area contributed by atoms with Crippen LogP contribution in [0.3, 0.4) is 0 Å². The lowest BCUT2D eigenvalue weighted by Crippen LogP contribution is -2.11. The number of ether oxygens (including phenoxy) is 1. The molecule has 136 valence electrons. The zero-order chi connectivity index (χ0) is 17.4. The van der Waals surface area contributed by atoms with Gasteiger partial charge >= 0.3 is 0 Å². The molecule has 4 rings (SSSR count). The van der Waals surface area contributed by atoms with Crippen LogP contribution in [0.5, 0.6) is 5.75 Å². The van der Waals surface area contributed by atoms with E-state index in [2.05, 4.69) is 0 Å². The summed E-state index contributed by atoms with van der Waals surface area (Å²) in [6.07, 6.45) is 1.75. The minimum atomic E-state index is -0.160. The summed E-state index contributed by atoms with van der Waals surface area (Å²) in [5, 5.41) is 6.06. The van der Waals surface area contributed by atoms with Gasteiger partial charge in [-0.3, -0.25) is 0 Å². The number of hydrogen-bond acceptors (Lipinski definition) is 3. The largest absolute Gasteiger partial charge is 0.489 e. The van der Waals surface area contributed by atoms with Gasteiger partial charge in [-0.05, 0) is 37.1 Å². The van der Waals surface area contributed by atoms with Crippen molar-refractivity contribution in [3.8, 4) is 22.7 Å². The van der Waals surface area contributed by atoms with Crippen molar-refractivity contribution in [2.75, 3.05) is 6.61 Å². The summed E-state index contributed by atoms with van der Waals surface area (Å²) in [7, 11) is 0. The molecule has 1 aliphatic heterocycles. The molecule has 0 bridgehead atoms. The van der Waals surface area contributed by atoms with E-state index in [9.17, 15) is 0 Å². The van der Waals surface area contributed by atoms with Crippen molar-refractivity contribution < 1.29 is 4.74 Å². The van der Waals surface area contributed by atoms with Gasteiger partial charge in [0.2, 0.25) is 0 Å². The Morgan fingerprint density at radius 2 is 1.81 bits per heavy atom. The first-order valence-electron chi connectivity index (χ1n) is 8.17. The molecule has 7 heteroatoms. The summed E-state index contributed by atoms with van der Waals surface area (Å²) in [5.41, 5.74) is 9.69. The van der Waals surface area contributed by atoms with Crippen molar-refractivity contribution in [1.82, 2.24) is 9.78 Å². The maximum atomic E-state index is 6.42. The van der Waals surface area contributed by atoms with E-state index in [-0.39, 0.29) is 18.4 Å². The van der Waals surface area contributed by atoms with Crippen molar-refractivity contribution in [3.63, 3.8) is 0 Å². The molecule has 1 aliphatic rings. The molecule has 3 aromatic rings. The highest BCUT2D eigenvalue weighted by Gasteiger charge is 2.28. The smallest absolute Gasteiger partial charge is 0.170 e. The van der Waals surface area contributed by atoms with Gasteiger partial charge in [-0.15, -0.1) is 12.4 Å². The van der Waals surface area contributed by atoms with Crippen LogP contribution in [0.25, 0.3) is 16.9 Å². The monoisotopic (exact) mass is 409 g/mol. The zero-order valence-corrected chi connectivity index (χ0v) is 16.2. The first-order valence-corrected chi connectivity index (χ1v) is 8.93. The number of aromatic nitrogens is 2. The fourth-order valence-corrected chi connectivity index (χ4v) is 3.42. The lowest BCUT2D eigenvalue weighted by molar-refractivity contribution is 0.317. The second kappa shape index (κ2) is 7.89. The first-order chi connectivity index (χ1) is 12.1. The summed E-state index contributed by atoms with van der Waals surface area (Å²) in [4.78, 5) is 0. The number of nitrogens with zero attached hydrogens (tertiary/aromatic N) is 2. The molecule has 2 N–H and O–H groups in total. The van der Waals surface area contributed by atoms with E-state index in [1.807, 2.05) is 53.2 Å². The molecule has 1 aromatic heterocycles. The standard InChI is InChI=1S/C19H17Cl2N3O.ClH/c20-13-9-7-12(8-10-13)18-19-17(15(22)5-3-11-25-19)23-24(18)16-6-2-1-4-14(16)21;/h1-2,4,6-10,15H,3,5,11,22H2;1H/t15-;/m0./s1. The van der Waals surface area contributed by atoms with E-state index >= 15 is 0 Å². The molecule has 2 aromatic carbocycles. The van der Waals surface area contributed by atoms with Crippen LogP contribution < -0.4 is 10.5 Å². The number of halogens is 3. The third-order valence-corrected chi connectivity index (χ3v) is 4.89. The van der Waals surface area contributed by atoms with Gasteiger partial charge in [0.25, 0.3) is 0 Å². The molecule has 4 nitrogen and oxygen atoms in total. The number of para-hydroxylation sites is 1. The van der Waals surface area contributed by atoms with E-state index in [1.54, 1.807) is 0 Å². The highest BCUT2D eigenvalue weighted by Crippen LogP contribution is 2.41. The molecule has 0 aliphatic carbocycles. The van der Waals surface area contributed by atoms with Crippen molar-refractivity contribution in [3.05, 3.63) is 64.3 Å². The van der Waals surface area contributed by atoms with Gasteiger partial charge in [-0.1, -0.05) is 47.5 Å². The van der Waals surface area contributed by atoms with Gasteiger partial charge in [-0.2, -0.15) is 5.10 Å². The molecule has 1 atom stereocenters. The lowest BCUT2D eigenvalue weighted by atomic mass is 10.1. The maximum Gasteiger partial charge on any atom is 0.170 e. The second-order valence-electron chi connectivity index (χ2n) is 6.03. The van der Waals surface area contributed by atoms with Gasteiger partial charge in [0.1, 0.15) is 11.4 Å². The van der Waals surface area contributed by atoms with E-state index in [4.69, 9.17) is 38.8 Å². The average molecular weight is 411 g/mol. The van der Waals surface area contributed by atoms with Crippen molar-refractivity contribution >= 4 is 35.6 Å². The van der Waals surface area contributed by atoms with Crippen LogP contribution in [0.2, 0.25) is 10.0 Å². The van der Waals surface area contributed by atoms with Crippen LogP contribution in [0.4, 0.5) is 0 Å². The summed E-state index contributed by atoms with van der Waals surface area (Å²) in [6.45, 7) is 0.621. The average Bonchev–Trinajstić information content (AvgIpc) is 2.89. The highest BCUT2D eigenvalue weighted by molar-refractivity contribution is 6.32. The minimum absolute atomic E-state index is 0. The van der Waals surface area contributed by atoms with E-state index in [1.165, 1.54) is 0 Å². The third kappa shape index (κ3) is 3.42. The molecule has 2 heterocycles. The van der Waals surface area contributed by atoms with Crippen LogP contribution in [0.1, 0.15) is 24.6 Å². The Bertz CT molecular complexity index is 909. The summed E-state index contributed by atoms with van der Waals surface area (Å²) in [6, 6.07) is 15.0. The molecule has 0 fully saturated rings. The van der Waals surface area contributed by atoms with Crippen LogP contribution in [-0.4, -0.2) is 16.4 Å². The highest BCUT2D eigenvalue weighted by atomic mass is 35.5. The molecule has 0 amide bonds. The second-order valence-corrected chi connectivity index (χ2v) is 6.87. The fourth-order valence-electron chi connectivity index (χ4n) is 3.08. The molecular formula is C19H18Cl3N3O. The fraction of sp³-hybridized carbons (Fsp3) is 0.211.